The predicted octanol–water partition coefficient (Wildman–Crippen LogP) is 3.00. The third kappa shape index (κ3) is 8.36. The van der Waals surface area contributed by atoms with Gasteiger partial charge in [0.15, 0.2) is 0 Å². The van der Waals surface area contributed by atoms with Gasteiger partial charge in [0.05, 0.1) is 6.04 Å². The van der Waals surface area contributed by atoms with Crippen molar-refractivity contribution >= 4 is 17.7 Å². The standard InChI is InChI=1S/C19H35N3O3/c1-15-17(22(3)19(25)21-15)13-9-6-8-12-16(23)11-7-4-5-10-14-18(24)20-2/h15,17H,4-14H2,1-3H3,(H,20,24)(H,21,25)/t15-,17+/m1/s1. The summed E-state index contributed by atoms with van der Waals surface area (Å²) in [5.41, 5.74) is 0. The topological polar surface area (TPSA) is 78.5 Å². The first-order valence-electron chi connectivity index (χ1n) is 9.71. The quantitative estimate of drug-likeness (QED) is 0.500. The summed E-state index contributed by atoms with van der Waals surface area (Å²) in [5, 5.41) is 5.55. The van der Waals surface area contributed by atoms with E-state index in [-0.39, 0.29) is 24.0 Å². The van der Waals surface area contributed by atoms with Crippen LogP contribution >= 0.6 is 0 Å². The maximum atomic E-state index is 11.9. The van der Waals surface area contributed by atoms with E-state index in [0.29, 0.717) is 25.0 Å². The SMILES string of the molecule is CNC(=O)CCCCCCC(=O)CCCCC[C@H]1[C@@H](C)NC(=O)N1C. The van der Waals surface area contributed by atoms with Crippen molar-refractivity contribution in [2.45, 2.75) is 89.6 Å². The molecule has 0 aromatic carbocycles. The van der Waals surface area contributed by atoms with Crippen molar-refractivity contribution in [1.29, 1.82) is 0 Å². The van der Waals surface area contributed by atoms with E-state index in [1.54, 1.807) is 11.9 Å². The summed E-state index contributed by atoms with van der Waals surface area (Å²) in [5.74, 6) is 0.448. The Labute approximate surface area is 152 Å². The first-order chi connectivity index (χ1) is 12.0. The summed E-state index contributed by atoms with van der Waals surface area (Å²) in [6.07, 6.45) is 9.84. The van der Waals surface area contributed by atoms with Crippen LogP contribution in [0.1, 0.15) is 77.6 Å². The van der Waals surface area contributed by atoms with Crippen LogP contribution in [0.3, 0.4) is 0 Å². The average molecular weight is 354 g/mol. The second-order valence-electron chi connectivity index (χ2n) is 7.14. The van der Waals surface area contributed by atoms with Gasteiger partial charge in [-0.1, -0.05) is 25.7 Å². The summed E-state index contributed by atoms with van der Waals surface area (Å²) in [6, 6.07) is 0.503. The van der Waals surface area contributed by atoms with Crippen LogP contribution in [0.2, 0.25) is 0 Å². The minimum absolute atomic E-state index is 0.0167. The van der Waals surface area contributed by atoms with Crippen molar-refractivity contribution in [3.63, 3.8) is 0 Å². The van der Waals surface area contributed by atoms with Crippen LogP contribution in [-0.4, -0.2) is 48.8 Å². The number of urea groups is 1. The number of nitrogens with zero attached hydrogens (tertiary/aromatic N) is 1. The van der Waals surface area contributed by atoms with E-state index in [2.05, 4.69) is 10.6 Å². The van der Waals surface area contributed by atoms with Crippen molar-refractivity contribution in [2.24, 2.45) is 0 Å². The number of amides is 3. The summed E-state index contributed by atoms with van der Waals surface area (Å²) in [7, 11) is 3.51. The molecule has 0 unspecified atom stereocenters. The second-order valence-corrected chi connectivity index (χ2v) is 7.14. The van der Waals surface area contributed by atoms with Gasteiger partial charge < -0.3 is 15.5 Å². The molecule has 1 aliphatic rings. The maximum Gasteiger partial charge on any atom is 0.317 e. The van der Waals surface area contributed by atoms with Gasteiger partial charge in [0.2, 0.25) is 5.91 Å². The number of likely N-dealkylation sites (N-methyl/N-ethyl adjacent to an activating group) is 1. The zero-order chi connectivity index (χ0) is 18.7. The third-order valence-electron chi connectivity index (χ3n) is 5.09. The van der Waals surface area contributed by atoms with Gasteiger partial charge in [0.1, 0.15) is 5.78 Å². The molecular formula is C19H35N3O3. The normalized spacial score (nSPS) is 19.8. The lowest BCUT2D eigenvalue weighted by Gasteiger charge is -2.20. The molecule has 2 atom stereocenters. The highest BCUT2D eigenvalue weighted by atomic mass is 16.2. The molecule has 25 heavy (non-hydrogen) atoms. The number of rotatable bonds is 13. The van der Waals surface area contributed by atoms with Crippen LogP contribution in [0.4, 0.5) is 4.79 Å². The van der Waals surface area contributed by atoms with Gasteiger partial charge in [0, 0.05) is 39.4 Å². The molecule has 144 valence electrons. The number of nitrogens with one attached hydrogen (secondary N) is 2. The van der Waals surface area contributed by atoms with E-state index in [4.69, 9.17) is 0 Å². The highest BCUT2D eigenvalue weighted by Gasteiger charge is 2.32. The zero-order valence-electron chi connectivity index (χ0n) is 16.1. The van der Waals surface area contributed by atoms with E-state index < -0.39 is 0 Å². The maximum absolute atomic E-state index is 11.9. The van der Waals surface area contributed by atoms with E-state index in [1.807, 2.05) is 14.0 Å². The molecule has 1 saturated heterocycles. The van der Waals surface area contributed by atoms with E-state index >= 15 is 0 Å². The monoisotopic (exact) mass is 353 g/mol. The van der Waals surface area contributed by atoms with Crippen molar-refractivity contribution in [2.75, 3.05) is 14.1 Å². The smallest absolute Gasteiger partial charge is 0.317 e. The second kappa shape index (κ2) is 11.9. The number of carbonyl (C=O) groups is 3. The number of carbonyl (C=O) groups excluding carboxylic acids is 3. The third-order valence-corrected chi connectivity index (χ3v) is 5.09. The lowest BCUT2D eigenvalue weighted by molar-refractivity contribution is -0.121. The first kappa shape index (κ1) is 21.5. The number of hydrogen-bond donors (Lipinski definition) is 2. The molecule has 1 fully saturated rings. The molecule has 0 aromatic heterocycles. The summed E-state index contributed by atoms with van der Waals surface area (Å²) in [4.78, 5) is 36.3. The van der Waals surface area contributed by atoms with Gasteiger partial charge in [-0.15, -0.1) is 0 Å². The Morgan fingerprint density at radius 3 is 2.08 bits per heavy atom. The Bertz CT molecular complexity index is 440. The van der Waals surface area contributed by atoms with Gasteiger partial charge in [-0.3, -0.25) is 9.59 Å². The molecule has 0 aromatic rings. The van der Waals surface area contributed by atoms with Crippen LogP contribution in [0.15, 0.2) is 0 Å². The molecule has 0 aliphatic carbocycles. The van der Waals surface area contributed by atoms with Crippen molar-refractivity contribution < 1.29 is 14.4 Å². The van der Waals surface area contributed by atoms with Crippen molar-refractivity contribution in [3.05, 3.63) is 0 Å². The fourth-order valence-corrected chi connectivity index (χ4v) is 3.39. The lowest BCUT2D eigenvalue weighted by atomic mass is 10.0. The lowest BCUT2D eigenvalue weighted by Crippen LogP contribution is -2.32. The Balaban J connectivity index is 1.95. The van der Waals surface area contributed by atoms with E-state index in [0.717, 1.165) is 51.4 Å². The Morgan fingerprint density at radius 2 is 1.56 bits per heavy atom. The molecular weight excluding hydrogens is 318 g/mol. The minimum Gasteiger partial charge on any atom is -0.359 e. The van der Waals surface area contributed by atoms with Crippen molar-refractivity contribution in [3.8, 4) is 0 Å². The Kier molecular flexibility index (Phi) is 10.2. The van der Waals surface area contributed by atoms with Gasteiger partial charge >= 0.3 is 6.03 Å². The van der Waals surface area contributed by atoms with Gasteiger partial charge in [-0.25, -0.2) is 4.79 Å². The van der Waals surface area contributed by atoms with Crippen LogP contribution < -0.4 is 10.6 Å². The fraction of sp³-hybridized carbons (Fsp3) is 0.842. The van der Waals surface area contributed by atoms with Crippen LogP contribution in [0.25, 0.3) is 0 Å². The van der Waals surface area contributed by atoms with Crippen LogP contribution in [0.5, 0.6) is 0 Å². The Morgan fingerprint density at radius 1 is 1.00 bits per heavy atom. The van der Waals surface area contributed by atoms with E-state index in [1.165, 1.54) is 0 Å². The molecule has 1 aliphatic heterocycles. The molecule has 1 rings (SSSR count). The van der Waals surface area contributed by atoms with Gasteiger partial charge in [-0.05, 0) is 32.6 Å². The van der Waals surface area contributed by atoms with Gasteiger partial charge in [0.25, 0.3) is 0 Å². The molecule has 3 amide bonds. The number of Topliss-reactive ketones (excluding diaryl/α,β-unsaturated/α-hetero) is 1. The molecule has 6 nitrogen and oxygen atoms in total. The van der Waals surface area contributed by atoms with Gasteiger partial charge in [-0.2, -0.15) is 0 Å². The number of unbranched alkanes of at least 4 members (excludes halogenated alkanes) is 5. The summed E-state index contributed by atoms with van der Waals surface area (Å²) < 4.78 is 0. The molecule has 1 heterocycles. The van der Waals surface area contributed by atoms with Crippen molar-refractivity contribution in [1.82, 2.24) is 15.5 Å². The Hall–Kier alpha value is -1.59. The van der Waals surface area contributed by atoms with Crippen LogP contribution in [-0.2, 0) is 9.59 Å². The number of hydrogen-bond acceptors (Lipinski definition) is 3. The predicted molar refractivity (Wildman–Crippen MR) is 99.4 cm³/mol. The zero-order valence-corrected chi connectivity index (χ0v) is 16.1. The molecule has 0 radical (unpaired) electrons. The molecule has 6 heteroatoms. The summed E-state index contributed by atoms with van der Waals surface area (Å²) >= 11 is 0. The molecule has 0 saturated carbocycles. The molecule has 2 N–H and O–H groups in total. The highest BCUT2D eigenvalue weighted by molar-refractivity contribution is 5.78. The molecule has 0 spiro atoms. The fourth-order valence-electron chi connectivity index (χ4n) is 3.39. The minimum atomic E-state index is 0.0167. The average Bonchev–Trinajstić information content (AvgIpc) is 2.83. The molecule has 0 bridgehead atoms. The van der Waals surface area contributed by atoms with E-state index in [9.17, 15) is 14.4 Å². The highest BCUT2D eigenvalue weighted by Crippen LogP contribution is 2.18. The van der Waals surface area contributed by atoms with Crippen LogP contribution in [0, 0.1) is 0 Å². The first-order valence-corrected chi connectivity index (χ1v) is 9.71. The summed E-state index contributed by atoms with van der Waals surface area (Å²) in [6.45, 7) is 2.05. The largest absolute Gasteiger partial charge is 0.359 e. The number of ketones is 1.